The lowest BCUT2D eigenvalue weighted by Gasteiger charge is -2.10. The Balaban J connectivity index is 2.39. The highest BCUT2D eigenvalue weighted by Crippen LogP contribution is 2.32. The fourth-order valence-corrected chi connectivity index (χ4v) is 2.82. The standard InChI is InChI=1S/C13H12ClFOS/c1-7-5-12(17-8(7)2)13(16)10-4-3-9(14)6-11(10)15/h3-6,13,16H,1-2H3. The van der Waals surface area contributed by atoms with Crippen molar-refractivity contribution >= 4 is 22.9 Å². The van der Waals surface area contributed by atoms with Crippen molar-refractivity contribution in [2.24, 2.45) is 0 Å². The normalized spacial score (nSPS) is 12.8. The summed E-state index contributed by atoms with van der Waals surface area (Å²) in [5, 5.41) is 10.5. The average Bonchev–Trinajstić information content (AvgIpc) is 2.58. The van der Waals surface area contributed by atoms with Gasteiger partial charge in [-0.1, -0.05) is 17.7 Å². The SMILES string of the molecule is Cc1cc(C(O)c2ccc(Cl)cc2F)sc1C. The molecule has 4 heteroatoms. The van der Waals surface area contributed by atoms with Gasteiger partial charge in [0, 0.05) is 20.3 Å². The Morgan fingerprint density at radius 1 is 1.29 bits per heavy atom. The summed E-state index contributed by atoms with van der Waals surface area (Å²) in [6, 6.07) is 6.20. The largest absolute Gasteiger partial charge is 0.383 e. The molecule has 0 spiro atoms. The maximum Gasteiger partial charge on any atom is 0.130 e. The second-order valence-corrected chi connectivity index (χ2v) is 5.68. The van der Waals surface area contributed by atoms with E-state index in [1.54, 1.807) is 6.07 Å². The summed E-state index contributed by atoms with van der Waals surface area (Å²) in [6.45, 7) is 3.95. The molecule has 17 heavy (non-hydrogen) atoms. The number of rotatable bonds is 2. The Bertz CT molecular complexity index is 531. The van der Waals surface area contributed by atoms with Gasteiger partial charge in [0.15, 0.2) is 0 Å². The van der Waals surface area contributed by atoms with Crippen LogP contribution in [0.1, 0.15) is 27.0 Å². The van der Waals surface area contributed by atoms with E-state index in [0.29, 0.717) is 5.02 Å². The van der Waals surface area contributed by atoms with Crippen molar-refractivity contribution in [3.63, 3.8) is 0 Å². The van der Waals surface area contributed by atoms with Crippen LogP contribution in [0, 0.1) is 19.7 Å². The van der Waals surface area contributed by atoms with Crippen LogP contribution in [0.15, 0.2) is 24.3 Å². The van der Waals surface area contributed by atoms with Crippen molar-refractivity contribution in [3.8, 4) is 0 Å². The van der Waals surface area contributed by atoms with Crippen molar-refractivity contribution in [2.45, 2.75) is 20.0 Å². The molecule has 1 unspecified atom stereocenters. The molecule has 2 rings (SSSR count). The van der Waals surface area contributed by atoms with Crippen LogP contribution >= 0.6 is 22.9 Å². The molecule has 2 aromatic rings. The van der Waals surface area contributed by atoms with E-state index in [1.165, 1.54) is 23.5 Å². The molecule has 0 radical (unpaired) electrons. The van der Waals surface area contributed by atoms with Gasteiger partial charge in [0.05, 0.1) is 0 Å². The summed E-state index contributed by atoms with van der Waals surface area (Å²) in [5.74, 6) is -0.478. The van der Waals surface area contributed by atoms with Gasteiger partial charge in [-0.05, 0) is 37.6 Å². The van der Waals surface area contributed by atoms with Gasteiger partial charge in [-0.25, -0.2) is 4.39 Å². The highest BCUT2D eigenvalue weighted by molar-refractivity contribution is 7.12. The molecule has 1 atom stereocenters. The second-order valence-electron chi connectivity index (χ2n) is 3.96. The zero-order valence-corrected chi connectivity index (χ0v) is 11.1. The van der Waals surface area contributed by atoms with Crippen LogP contribution < -0.4 is 0 Å². The molecule has 0 amide bonds. The van der Waals surface area contributed by atoms with Crippen LogP contribution in [0.3, 0.4) is 0 Å². The van der Waals surface area contributed by atoms with E-state index in [4.69, 9.17) is 11.6 Å². The minimum absolute atomic E-state index is 0.260. The van der Waals surface area contributed by atoms with Crippen LogP contribution in [0.4, 0.5) is 4.39 Å². The molecule has 0 fully saturated rings. The Hall–Kier alpha value is -0.900. The van der Waals surface area contributed by atoms with E-state index in [1.807, 2.05) is 19.9 Å². The first-order valence-electron chi connectivity index (χ1n) is 5.19. The zero-order chi connectivity index (χ0) is 12.6. The van der Waals surface area contributed by atoms with Gasteiger partial charge >= 0.3 is 0 Å². The summed E-state index contributed by atoms with van der Waals surface area (Å²) in [6.07, 6.45) is -0.926. The van der Waals surface area contributed by atoms with Gasteiger partial charge in [0.25, 0.3) is 0 Å². The van der Waals surface area contributed by atoms with Crippen LogP contribution in [-0.4, -0.2) is 5.11 Å². The van der Waals surface area contributed by atoms with Gasteiger partial charge in [-0.2, -0.15) is 0 Å². The van der Waals surface area contributed by atoms with Crippen molar-refractivity contribution in [2.75, 3.05) is 0 Å². The van der Waals surface area contributed by atoms with Crippen LogP contribution in [-0.2, 0) is 0 Å². The van der Waals surface area contributed by atoms with E-state index < -0.39 is 11.9 Å². The molecule has 1 N–H and O–H groups in total. The second kappa shape index (κ2) is 4.77. The molecule has 1 aromatic heterocycles. The number of benzene rings is 1. The molecule has 0 saturated carbocycles. The van der Waals surface area contributed by atoms with E-state index in [0.717, 1.165) is 15.3 Å². The Kier molecular flexibility index (Phi) is 3.52. The predicted molar refractivity (Wildman–Crippen MR) is 69.3 cm³/mol. The molecule has 1 aromatic carbocycles. The number of aryl methyl sites for hydroxylation is 2. The molecule has 90 valence electrons. The van der Waals surface area contributed by atoms with E-state index in [9.17, 15) is 9.50 Å². The number of thiophene rings is 1. The molecule has 0 aliphatic carbocycles. The first kappa shape index (κ1) is 12.6. The zero-order valence-electron chi connectivity index (χ0n) is 9.50. The van der Waals surface area contributed by atoms with E-state index in [-0.39, 0.29) is 5.56 Å². The average molecular weight is 271 g/mol. The molecular weight excluding hydrogens is 259 g/mol. The monoisotopic (exact) mass is 270 g/mol. The Morgan fingerprint density at radius 2 is 2.00 bits per heavy atom. The summed E-state index contributed by atoms with van der Waals surface area (Å²) in [7, 11) is 0. The molecule has 0 saturated heterocycles. The van der Waals surface area contributed by atoms with Crippen molar-refractivity contribution < 1.29 is 9.50 Å². The minimum atomic E-state index is -0.926. The fourth-order valence-electron chi connectivity index (χ4n) is 1.61. The third-order valence-electron chi connectivity index (χ3n) is 2.71. The lowest BCUT2D eigenvalue weighted by Crippen LogP contribution is -2.00. The third kappa shape index (κ3) is 2.51. The smallest absolute Gasteiger partial charge is 0.130 e. The van der Waals surface area contributed by atoms with Crippen molar-refractivity contribution in [3.05, 3.63) is 56.0 Å². The minimum Gasteiger partial charge on any atom is -0.383 e. The number of halogens is 2. The summed E-state index contributed by atoms with van der Waals surface area (Å²) >= 11 is 7.16. The first-order valence-corrected chi connectivity index (χ1v) is 6.38. The van der Waals surface area contributed by atoms with Gasteiger partial charge in [-0.15, -0.1) is 11.3 Å². The topological polar surface area (TPSA) is 20.2 Å². The Morgan fingerprint density at radius 3 is 2.53 bits per heavy atom. The van der Waals surface area contributed by atoms with Crippen LogP contribution in [0.5, 0.6) is 0 Å². The predicted octanol–water partition coefficient (Wildman–Crippen LogP) is 4.24. The summed E-state index contributed by atoms with van der Waals surface area (Å²) in [5.41, 5.74) is 1.37. The number of aliphatic hydroxyl groups is 1. The van der Waals surface area contributed by atoms with Gasteiger partial charge in [0.2, 0.25) is 0 Å². The molecular formula is C13H12ClFOS. The van der Waals surface area contributed by atoms with Gasteiger partial charge in [0.1, 0.15) is 11.9 Å². The van der Waals surface area contributed by atoms with E-state index >= 15 is 0 Å². The fraction of sp³-hybridized carbons (Fsp3) is 0.231. The molecule has 0 aliphatic rings. The summed E-state index contributed by atoms with van der Waals surface area (Å²) in [4.78, 5) is 1.88. The number of hydrogen-bond acceptors (Lipinski definition) is 2. The number of aliphatic hydroxyl groups excluding tert-OH is 1. The first-order chi connectivity index (χ1) is 7.99. The van der Waals surface area contributed by atoms with Gasteiger partial charge < -0.3 is 5.11 Å². The molecule has 1 nitrogen and oxygen atoms in total. The van der Waals surface area contributed by atoms with E-state index in [2.05, 4.69) is 0 Å². The lowest BCUT2D eigenvalue weighted by atomic mass is 10.1. The van der Waals surface area contributed by atoms with Crippen molar-refractivity contribution in [1.82, 2.24) is 0 Å². The highest BCUT2D eigenvalue weighted by Gasteiger charge is 2.17. The quantitative estimate of drug-likeness (QED) is 0.865. The summed E-state index contributed by atoms with van der Waals surface area (Å²) < 4.78 is 13.7. The lowest BCUT2D eigenvalue weighted by molar-refractivity contribution is 0.218. The third-order valence-corrected chi connectivity index (χ3v) is 4.15. The maximum atomic E-state index is 13.7. The molecule has 1 heterocycles. The molecule has 0 aliphatic heterocycles. The van der Waals surface area contributed by atoms with Crippen LogP contribution in [0.25, 0.3) is 0 Å². The molecule has 0 bridgehead atoms. The highest BCUT2D eigenvalue weighted by atomic mass is 35.5. The Labute approximate surface area is 108 Å². The maximum absolute atomic E-state index is 13.7. The van der Waals surface area contributed by atoms with Crippen molar-refractivity contribution in [1.29, 1.82) is 0 Å². The number of hydrogen-bond donors (Lipinski definition) is 1. The van der Waals surface area contributed by atoms with Gasteiger partial charge in [-0.3, -0.25) is 0 Å². The van der Waals surface area contributed by atoms with Crippen LogP contribution in [0.2, 0.25) is 5.02 Å².